The Morgan fingerprint density at radius 1 is 0.833 bits per heavy atom. The number of nitrogens with zero attached hydrogens (tertiary/aromatic N) is 5. The van der Waals surface area contributed by atoms with Gasteiger partial charge in [-0.05, 0) is 94.8 Å². The SMILES string of the molecule is CC(CCCN1CCC(O)CC1)(C1CCN(CC#N)CC1)C1CCCN(CC#N)C1. The molecule has 0 saturated carbocycles. The van der Waals surface area contributed by atoms with Crippen LogP contribution in [0.2, 0.25) is 0 Å². The summed E-state index contributed by atoms with van der Waals surface area (Å²) in [6, 6.07) is 4.67. The number of rotatable bonds is 8. The molecule has 2 unspecified atom stereocenters. The van der Waals surface area contributed by atoms with Crippen molar-refractivity contribution in [3.05, 3.63) is 0 Å². The highest BCUT2D eigenvalue weighted by atomic mass is 16.3. The Labute approximate surface area is 183 Å². The van der Waals surface area contributed by atoms with Crippen LogP contribution >= 0.6 is 0 Å². The van der Waals surface area contributed by atoms with E-state index in [-0.39, 0.29) is 6.10 Å². The summed E-state index contributed by atoms with van der Waals surface area (Å²) in [6.07, 6.45) is 9.09. The number of nitriles is 2. The summed E-state index contributed by atoms with van der Waals surface area (Å²) in [7, 11) is 0. The molecule has 0 bridgehead atoms. The average molecular weight is 416 g/mol. The molecule has 3 heterocycles. The van der Waals surface area contributed by atoms with Gasteiger partial charge in [0.2, 0.25) is 0 Å². The number of aliphatic hydroxyl groups is 1. The van der Waals surface area contributed by atoms with Gasteiger partial charge in [0, 0.05) is 19.6 Å². The van der Waals surface area contributed by atoms with E-state index in [9.17, 15) is 10.4 Å². The molecule has 6 nitrogen and oxygen atoms in total. The highest BCUT2D eigenvalue weighted by molar-refractivity contribution is 4.96. The molecule has 3 aliphatic rings. The molecule has 168 valence electrons. The van der Waals surface area contributed by atoms with E-state index in [0.29, 0.717) is 30.3 Å². The van der Waals surface area contributed by atoms with Crippen molar-refractivity contribution in [3.63, 3.8) is 0 Å². The fourth-order valence-electron chi connectivity index (χ4n) is 6.26. The van der Waals surface area contributed by atoms with E-state index in [2.05, 4.69) is 33.8 Å². The molecule has 0 aromatic rings. The van der Waals surface area contributed by atoms with Crippen LogP contribution in [-0.2, 0) is 0 Å². The van der Waals surface area contributed by atoms with Crippen molar-refractivity contribution < 1.29 is 5.11 Å². The molecule has 3 saturated heterocycles. The molecule has 0 aromatic heterocycles. The van der Waals surface area contributed by atoms with Gasteiger partial charge in [0.05, 0.1) is 31.3 Å². The van der Waals surface area contributed by atoms with Gasteiger partial charge < -0.3 is 10.0 Å². The van der Waals surface area contributed by atoms with Crippen molar-refractivity contribution in [2.75, 3.05) is 58.9 Å². The first kappa shape index (κ1) is 23.5. The molecular weight excluding hydrogens is 374 g/mol. The van der Waals surface area contributed by atoms with Crippen LogP contribution in [0, 0.1) is 39.9 Å². The van der Waals surface area contributed by atoms with Crippen LogP contribution in [0.1, 0.15) is 58.3 Å². The third-order valence-corrected chi connectivity index (χ3v) is 8.29. The number of aliphatic hydroxyl groups excluding tert-OH is 1. The first-order valence-electron chi connectivity index (χ1n) is 12.1. The molecule has 2 atom stereocenters. The quantitative estimate of drug-likeness (QED) is 0.614. The van der Waals surface area contributed by atoms with E-state index in [4.69, 9.17) is 5.26 Å². The van der Waals surface area contributed by atoms with Crippen molar-refractivity contribution in [2.45, 2.75) is 64.4 Å². The largest absolute Gasteiger partial charge is 0.393 e. The zero-order chi connectivity index (χ0) is 21.4. The van der Waals surface area contributed by atoms with E-state index >= 15 is 0 Å². The minimum atomic E-state index is -0.0986. The predicted octanol–water partition coefficient (Wildman–Crippen LogP) is 2.70. The zero-order valence-electron chi connectivity index (χ0n) is 18.9. The molecule has 0 aromatic carbocycles. The molecule has 3 rings (SSSR count). The second-order valence-corrected chi connectivity index (χ2v) is 10.1. The summed E-state index contributed by atoms with van der Waals surface area (Å²) in [5.74, 6) is 1.37. The lowest BCUT2D eigenvalue weighted by Gasteiger charge is -2.50. The Bertz CT molecular complexity index is 598. The van der Waals surface area contributed by atoms with Gasteiger partial charge in [-0.25, -0.2) is 0 Å². The van der Waals surface area contributed by atoms with Gasteiger partial charge in [0.15, 0.2) is 0 Å². The maximum Gasteiger partial charge on any atom is 0.0866 e. The Hall–Kier alpha value is -1.18. The Morgan fingerprint density at radius 2 is 1.47 bits per heavy atom. The molecule has 3 fully saturated rings. The number of hydrogen-bond donors (Lipinski definition) is 1. The lowest BCUT2D eigenvalue weighted by Crippen LogP contribution is -2.49. The van der Waals surface area contributed by atoms with Gasteiger partial charge in [-0.15, -0.1) is 0 Å². The topological polar surface area (TPSA) is 77.5 Å². The Kier molecular flexibility index (Phi) is 8.96. The van der Waals surface area contributed by atoms with E-state index in [1.807, 2.05) is 0 Å². The van der Waals surface area contributed by atoms with Crippen molar-refractivity contribution in [2.24, 2.45) is 17.3 Å². The minimum Gasteiger partial charge on any atom is -0.393 e. The fourth-order valence-corrected chi connectivity index (χ4v) is 6.26. The summed E-state index contributed by atoms with van der Waals surface area (Å²) in [4.78, 5) is 7.20. The van der Waals surface area contributed by atoms with Crippen LogP contribution < -0.4 is 0 Å². The Morgan fingerprint density at radius 3 is 2.13 bits per heavy atom. The smallest absolute Gasteiger partial charge is 0.0866 e. The van der Waals surface area contributed by atoms with E-state index in [1.54, 1.807) is 0 Å². The monoisotopic (exact) mass is 415 g/mol. The molecular formula is C24H41N5O. The average Bonchev–Trinajstić information content (AvgIpc) is 2.76. The van der Waals surface area contributed by atoms with Crippen LogP contribution in [0.3, 0.4) is 0 Å². The van der Waals surface area contributed by atoms with E-state index in [1.165, 1.54) is 38.5 Å². The molecule has 6 heteroatoms. The minimum absolute atomic E-state index is 0.0986. The van der Waals surface area contributed by atoms with Crippen molar-refractivity contribution in [1.82, 2.24) is 14.7 Å². The molecule has 0 spiro atoms. The standard InChI is InChI=1S/C24H41N5O/c1-24(21-5-14-28(15-6-21)18-10-25,22-4-2-12-29(20-22)19-11-26)9-3-13-27-16-7-23(30)8-17-27/h21-23,30H,2-9,12-20H2,1H3. The summed E-state index contributed by atoms with van der Waals surface area (Å²) >= 11 is 0. The molecule has 30 heavy (non-hydrogen) atoms. The van der Waals surface area contributed by atoms with Crippen LogP contribution in [0.5, 0.6) is 0 Å². The molecule has 0 radical (unpaired) electrons. The zero-order valence-corrected chi connectivity index (χ0v) is 18.9. The first-order chi connectivity index (χ1) is 14.5. The van der Waals surface area contributed by atoms with Crippen molar-refractivity contribution >= 4 is 0 Å². The maximum absolute atomic E-state index is 9.77. The molecule has 3 aliphatic heterocycles. The summed E-state index contributed by atoms with van der Waals surface area (Å²) < 4.78 is 0. The number of hydrogen-bond acceptors (Lipinski definition) is 6. The van der Waals surface area contributed by atoms with E-state index < -0.39 is 0 Å². The lowest BCUT2D eigenvalue weighted by atomic mass is 9.60. The van der Waals surface area contributed by atoms with E-state index in [0.717, 1.165) is 58.7 Å². The molecule has 0 amide bonds. The lowest BCUT2D eigenvalue weighted by molar-refractivity contribution is -0.00660. The van der Waals surface area contributed by atoms with Crippen LogP contribution in [-0.4, -0.2) is 84.8 Å². The summed E-state index contributed by atoms with van der Waals surface area (Å²) in [5, 5.41) is 28.0. The van der Waals surface area contributed by atoms with Crippen molar-refractivity contribution in [3.8, 4) is 12.1 Å². The highest BCUT2D eigenvalue weighted by Gasteiger charge is 2.43. The van der Waals surface area contributed by atoms with Gasteiger partial charge in [-0.2, -0.15) is 10.5 Å². The summed E-state index contributed by atoms with van der Waals surface area (Å²) in [5.41, 5.74) is 0.308. The van der Waals surface area contributed by atoms with Gasteiger partial charge in [0.25, 0.3) is 0 Å². The molecule has 1 N–H and O–H groups in total. The number of likely N-dealkylation sites (tertiary alicyclic amines) is 3. The Balaban J connectivity index is 1.62. The van der Waals surface area contributed by atoms with Gasteiger partial charge in [-0.1, -0.05) is 6.92 Å². The van der Waals surface area contributed by atoms with Crippen molar-refractivity contribution in [1.29, 1.82) is 10.5 Å². The fraction of sp³-hybridized carbons (Fsp3) is 0.917. The van der Waals surface area contributed by atoms with Crippen LogP contribution in [0.4, 0.5) is 0 Å². The third-order valence-electron chi connectivity index (χ3n) is 8.29. The van der Waals surface area contributed by atoms with Gasteiger partial charge in [-0.3, -0.25) is 9.80 Å². The van der Waals surface area contributed by atoms with Gasteiger partial charge >= 0.3 is 0 Å². The second kappa shape index (κ2) is 11.4. The normalized spacial score (nSPS) is 27.9. The van der Waals surface area contributed by atoms with Crippen LogP contribution in [0.25, 0.3) is 0 Å². The maximum atomic E-state index is 9.77. The van der Waals surface area contributed by atoms with Crippen LogP contribution in [0.15, 0.2) is 0 Å². The predicted molar refractivity (Wildman–Crippen MR) is 119 cm³/mol. The second-order valence-electron chi connectivity index (χ2n) is 10.1. The number of piperidine rings is 3. The highest BCUT2D eigenvalue weighted by Crippen LogP contribution is 2.48. The first-order valence-corrected chi connectivity index (χ1v) is 12.1. The third kappa shape index (κ3) is 6.17. The summed E-state index contributed by atoms with van der Waals surface area (Å²) in [6.45, 7) is 11.1. The van der Waals surface area contributed by atoms with Gasteiger partial charge in [0.1, 0.15) is 0 Å². The molecule has 0 aliphatic carbocycles.